The lowest BCUT2D eigenvalue weighted by molar-refractivity contribution is 0.289. The molecule has 0 fully saturated rings. The maximum absolute atomic E-state index is 5.72. The topological polar surface area (TPSA) is 24.9 Å². The fourth-order valence-electron chi connectivity index (χ4n) is 5.82. The monoisotopic (exact) mass is 648 g/mol. The summed E-state index contributed by atoms with van der Waals surface area (Å²) in [6.07, 6.45) is 2.21. The van der Waals surface area contributed by atoms with Crippen LogP contribution in [0.2, 0.25) is 0 Å². The van der Waals surface area contributed by atoms with Gasteiger partial charge in [-0.05, 0) is 71.5 Å². The second-order valence-electron chi connectivity index (χ2n) is 11.9. The number of aryl methyl sites for hydroxylation is 2. The molecule has 0 atom stereocenters. The standard InChI is InChI=1S/C16H18.2C14H13NO.CH4/c1-3-13-5-9-15(10-6-13)16-11-7-14(4-2)8-12-16;2*1-2-7-13(8-3-1)15-10-12-6-4-5-9-14(12)16-11-15;/h5-12H,3-4H2,1-2H3;2*1-9H,10-11H2;1H4. The Morgan fingerprint density at radius 3 is 1.14 bits per heavy atom. The molecular weight excluding hydrogens is 601 g/mol. The minimum absolute atomic E-state index is 0. The molecule has 0 aliphatic carbocycles. The molecule has 0 bridgehead atoms. The van der Waals surface area contributed by atoms with Gasteiger partial charge in [0.1, 0.15) is 11.5 Å². The van der Waals surface area contributed by atoms with E-state index in [1.807, 2.05) is 36.4 Å². The van der Waals surface area contributed by atoms with Gasteiger partial charge >= 0.3 is 0 Å². The Morgan fingerprint density at radius 1 is 0.429 bits per heavy atom. The van der Waals surface area contributed by atoms with Crippen LogP contribution in [0.5, 0.6) is 11.5 Å². The first-order chi connectivity index (χ1) is 23.7. The maximum Gasteiger partial charge on any atom is 0.161 e. The van der Waals surface area contributed by atoms with Crippen LogP contribution in [-0.2, 0) is 25.9 Å². The minimum Gasteiger partial charge on any atom is -0.473 e. The van der Waals surface area contributed by atoms with Gasteiger partial charge in [0.05, 0.1) is 0 Å². The van der Waals surface area contributed by atoms with Gasteiger partial charge in [-0.1, -0.05) is 143 Å². The highest BCUT2D eigenvalue weighted by Crippen LogP contribution is 2.29. The molecule has 0 saturated carbocycles. The number of benzene rings is 6. The summed E-state index contributed by atoms with van der Waals surface area (Å²) in [7, 11) is 0. The number of hydrogen-bond donors (Lipinski definition) is 0. The van der Waals surface area contributed by atoms with Crippen molar-refractivity contribution in [2.75, 3.05) is 23.3 Å². The van der Waals surface area contributed by atoms with Gasteiger partial charge in [-0.3, -0.25) is 0 Å². The van der Waals surface area contributed by atoms with E-state index in [4.69, 9.17) is 9.47 Å². The zero-order valence-electron chi connectivity index (χ0n) is 28.0. The molecule has 2 aliphatic heterocycles. The quantitative estimate of drug-likeness (QED) is 0.186. The molecule has 250 valence electrons. The lowest BCUT2D eigenvalue weighted by Crippen LogP contribution is -2.31. The molecular formula is C45H48N2O2. The molecule has 6 aromatic rings. The molecule has 0 amide bonds. The number of para-hydroxylation sites is 4. The third-order valence-corrected chi connectivity index (χ3v) is 8.72. The summed E-state index contributed by atoms with van der Waals surface area (Å²) >= 11 is 0. The van der Waals surface area contributed by atoms with E-state index in [2.05, 4.69) is 145 Å². The lowest BCUT2D eigenvalue weighted by atomic mass is 10.0. The van der Waals surface area contributed by atoms with Crippen molar-refractivity contribution in [3.8, 4) is 22.6 Å². The van der Waals surface area contributed by atoms with Gasteiger partial charge in [0.2, 0.25) is 0 Å². The SMILES string of the molecule is C.CCc1ccc(-c2ccc(CC)cc2)cc1.c1ccc(N2COc3ccccc3C2)cc1.c1ccc(N2COc3ccccc3C2)cc1. The Balaban J connectivity index is 0.000000142. The Morgan fingerprint density at radius 2 is 0.776 bits per heavy atom. The smallest absolute Gasteiger partial charge is 0.161 e. The molecule has 2 heterocycles. The van der Waals surface area contributed by atoms with Gasteiger partial charge in [-0.25, -0.2) is 0 Å². The summed E-state index contributed by atoms with van der Waals surface area (Å²) < 4.78 is 11.4. The van der Waals surface area contributed by atoms with E-state index in [0.717, 1.165) is 37.4 Å². The van der Waals surface area contributed by atoms with Gasteiger partial charge in [0.15, 0.2) is 13.5 Å². The largest absolute Gasteiger partial charge is 0.473 e. The highest BCUT2D eigenvalue weighted by molar-refractivity contribution is 5.64. The maximum atomic E-state index is 5.72. The number of ether oxygens (including phenoxy) is 2. The zero-order chi connectivity index (χ0) is 33.0. The van der Waals surface area contributed by atoms with Crippen molar-refractivity contribution in [1.82, 2.24) is 0 Å². The third-order valence-electron chi connectivity index (χ3n) is 8.72. The third kappa shape index (κ3) is 9.33. The van der Waals surface area contributed by atoms with Crippen molar-refractivity contribution in [3.05, 3.63) is 180 Å². The number of hydrogen-bond acceptors (Lipinski definition) is 4. The lowest BCUT2D eigenvalue weighted by Gasteiger charge is -2.30. The Kier molecular flexibility index (Phi) is 12.5. The van der Waals surface area contributed by atoms with Crippen LogP contribution in [-0.4, -0.2) is 13.5 Å². The van der Waals surface area contributed by atoms with Crippen molar-refractivity contribution in [3.63, 3.8) is 0 Å². The van der Waals surface area contributed by atoms with Crippen LogP contribution in [0.25, 0.3) is 11.1 Å². The number of fused-ring (bicyclic) bond motifs is 2. The second kappa shape index (κ2) is 17.6. The highest BCUT2D eigenvalue weighted by atomic mass is 16.5. The van der Waals surface area contributed by atoms with E-state index in [-0.39, 0.29) is 7.43 Å². The van der Waals surface area contributed by atoms with Crippen molar-refractivity contribution < 1.29 is 9.47 Å². The zero-order valence-corrected chi connectivity index (χ0v) is 28.0. The number of anilines is 2. The molecule has 2 aliphatic rings. The summed E-state index contributed by atoms with van der Waals surface area (Å²) in [5, 5.41) is 0. The van der Waals surface area contributed by atoms with Crippen LogP contribution in [0.15, 0.2) is 158 Å². The summed E-state index contributed by atoms with van der Waals surface area (Å²) in [4.78, 5) is 4.45. The summed E-state index contributed by atoms with van der Waals surface area (Å²) in [5.74, 6) is 2.02. The van der Waals surface area contributed by atoms with Crippen molar-refractivity contribution in [1.29, 1.82) is 0 Å². The molecule has 6 aromatic carbocycles. The highest BCUT2D eigenvalue weighted by Gasteiger charge is 2.17. The summed E-state index contributed by atoms with van der Waals surface area (Å²) in [6.45, 7) is 7.46. The molecule has 0 N–H and O–H groups in total. The minimum atomic E-state index is 0. The Hall–Kier alpha value is -5.48. The normalized spacial score (nSPS) is 12.6. The molecule has 8 rings (SSSR count). The number of rotatable bonds is 5. The van der Waals surface area contributed by atoms with E-state index in [9.17, 15) is 0 Å². The molecule has 4 nitrogen and oxygen atoms in total. The predicted octanol–water partition coefficient (Wildman–Crippen LogP) is 11.2. The predicted molar refractivity (Wildman–Crippen MR) is 206 cm³/mol. The van der Waals surface area contributed by atoms with Gasteiger partial charge in [0, 0.05) is 35.6 Å². The van der Waals surface area contributed by atoms with E-state index in [1.165, 1.54) is 44.8 Å². The van der Waals surface area contributed by atoms with Crippen LogP contribution < -0.4 is 19.3 Å². The Labute approximate surface area is 293 Å². The van der Waals surface area contributed by atoms with Gasteiger partial charge in [0.25, 0.3) is 0 Å². The molecule has 0 unspecified atom stereocenters. The van der Waals surface area contributed by atoms with E-state index in [0.29, 0.717) is 13.5 Å². The van der Waals surface area contributed by atoms with Crippen LogP contribution in [0.3, 0.4) is 0 Å². The van der Waals surface area contributed by atoms with Gasteiger partial charge < -0.3 is 19.3 Å². The Bertz CT molecular complexity index is 1700. The summed E-state index contributed by atoms with van der Waals surface area (Å²) in [6, 6.07) is 54.8. The van der Waals surface area contributed by atoms with E-state index in [1.54, 1.807) is 0 Å². The fourth-order valence-corrected chi connectivity index (χ4v) is 5.82. The van der Waals surface area contributed by atoms with Crippen molar-refractivity contribution in [2.45, 2.75) is 47.2 Å². The van der Waals surface area contributed by atoms with Gasteiger partial charge in [-0.15, -0.1) is 0 Å². The first-order valence-corrected chi connectivity index (χ1v) is 16.9. The first-order valence-electron chi connectivity index (χ1n) is 16.9. The molecule has 0 spiro atoms. The first kappa shape index (κ1) is 34.8. The average molecular weight is 649 g/mol. The molecule has 0 aromatic heterocycles. The van der Waals surface area contributed by atoms with Crippen molar-refractivity contribution in [2.24, 2.45) is 0 Å². The fraction of sp³-hybridized carbons (Fsp3) is 0.200. The van der Waals surface area contributed by atoms with Gasteiger partial charge in [-0.2, -0.15) is 0 Å². The summed E-state index contributed by atoms with van der Waals surface area (Å²) in [5.41, 5.74) is 10.3. The van der Waals surface area contributed by atoms with Crippen LogP contribution in [0.1, 0.15) is 43.5 Å². The molecule has 4 heteroatoms. The molecule has 0 saturated heterocycles. The second-order valence-corrected chi connectivity index (χ2v) is 11.9. The van der Waals surface area contributed by atoms with E-state index >= 15 is 0 Å². The van der Waals surface area contributed by atoms with Crippen LogP contribution >= 0.6 is 0 Å². The number of nitrogens with zero attached hydrogens (tertiary/aromatic N) is 2. The molecule has 0 radical (unpaired) electrons. The van der Waals surface area contributed by atoms with Crippen LogP contribution in [0.4, 0.5) is 11.4 Å². The molecule has 49 heavy (non-hydrogen) atoms. The van der Waals surface area contributed by atoms with Crippen molar-refractivity contribution >= 4 is 11.4 Å². The van der Waals surface area contributed by atoms with Crippen LogP contribution in [0, 0.1) is 0 Å². The average Bonchev–Trinajstić information content (AvgIpc) is 3.19. The van der Waals surface area contributed by atoms with E-state index < -0.39 is 0 Å².